The lowest BCUT2D eigenvalue weighted by molar-refractivity contribution is -0.660. The number of aryl methyl sites for hydroxylation is 19. The molecule has 4 aromatic heterocycles. The van der Waals surface area contributed by atoms with Gasteiger partial charge in [-0.25, -0.2) is 18.3 Å². The topological polar surface area (TPSA) is 15.5 Å². The van der Waals surface area contributed by atoms with Crippen LogP contribution in [0, 0.1) is 89.9 Å². The van der Waals surface area contributed by atoms with E-state index in [0.29, 0.717) is 11.1 Å². The van der Waals surface area contributed by atoms with E-state index < -0.39 is 13.7 Å². The number of benzene rings is 12. The van der Waals surface area contributed by atoms with Crippen molar-refractivity contribution in [3.63, 3.8) is 0 Å². The maximum Gasteiger partial charge on any atom is 0.213 e. The number of pyridine rings is 4. The van der Waals surface area contributed by atoms with Crippen LogP contribution in [0.3, 0.4) is 0 Å². The van der Waals surface area contributed by atoms with Crippen molar-refractivity contribution in [2.24, 2.45) is 28.2 Å². The lowest BCUT2D eigenvalue weighted by atomic mass is 9.54. The van der Waals surface area contributed by atoms with E-state index in [2.05, 4.69) is 384 Å². The van der Waals surface area contributed by atoms with Crippen LogP contribution in [0.15, 0.2) is 237 Å². The zero-order valence-electron chi connectivity index (χ0n) is 81.6. The summed E-state index contributed by atoms with van der Waals surface area (Å²) in [4.78, 5) is 0. The van der Waals surface area contributed by atoms with E-state index in [9.17, 15) is 0 Å². The van der Waals surface area contributed by atoms with Crippen LogP contribution in [0.1, 0.15) is 180 Å². The molecule has 606 valence electrons. The quantitative estimate of drug-likeness (QED) is 0.156. The van der Waals surface area contributed by atoms with Gasteiger partial charge in [-0.1, -0.05) is 223 Å². The van der Waals surface area contributed by atoms with E-state index in [1.807, 2.05) is 25.1 Å². The SMILES string of the molecule is Cc1cc[n+](C)c(-c2cc3c(cc2C)C(C)(C)C(C)(C)c2c-3ccc3cc(C)ccc23)c1.Cc1cc[n+](C)c(-c2cc3c(cc2C)C(C)(C)C(C)(C)c2ccc4cc(C)ccc4c2-3)c1.[2H]C([2H])([2H])c1cc(C)c(-c2cc(C)cc[n+]2C)c2c1-c1cc3ccc(C)cc3cc1CC2.[2H]C([2H])([2H])c1ccc2c3c(ccc2c1)CCc1c-3ccc(C)c1-c1cc(C)cc[n+]1C. The summed E-state index contributed by atoms with van der Waals surface area (Å²) in [5.41, 5.74) is 45.9. The average Bonchev–Trinajstić information content (AvgIpc) is 0.704. The summed E-state index contributed by atoms with van der Waals surface area (Å²) in [6, 6.07) is 77.8. The van der Waals surface area contributed by atoms with Gasteiger partial charge in [-0.2, -0.15) is 0 Å². The fourth-order valence-corrected chi connectivity index (χ4v) is 20.8. The van der Waals surface area contributed by atoms with Gasteiger partial charge in [0, 0.05) is 73.3 Å². The van der Waals surface area contributed by atoms with E-state index in [4.69, 9.17) is 8.22 Å². The van der Waals surface area contributed by atoms with E-state index >= 15 is 0 Å². The van der Waals surface area contributed by atoms with Crippen molar-refractivity contribution in [1.29, 1.82) is 0 Å². The zero-order chi connectivity index (χ0) is 90.7. The first-order valence-electron chi connectivity index (χ1n) is 46.6. The highest BCUT2D eigenvalue weighted by molar-refractivity contribution is 6.04. The molecule has 0 amide bonds. The van der Waals surface area contributed by atoms with Crippen LogP contribution < -0.4 is 18.3 Å². The van der Waals surface area contributed by atoms with Crippen LogP contribution in [0.25, 0.3) is 133 Å². The van der Waals surface area contributed by atoms with Gasteiger partial charge in [0.2, 0.25) is 22.8 Å². The Morgan fingerprint density at radius 1 is 0.240 bits per heavy atom. The van der Waals surface area contributed by atoms with Crippen molar-refractivity contribution in [1.82, 2.24) is 0 Å². The number of rotatable bonds is 4. The van der Waals surface area contributed by atoms with Crippen LogP contribution in [0.4, 0.5) is 0 Å². The average molecular weight is 1590 g/mol. The molecule has 0 saturated carbocycles. The minimum absolute atomic E-state index is 0.00601. The molecule has 12 aromatic carbocycles. The molecule has 0 atom stereocenters. The second-order valence-electron chi connectivity index (χ2n) is 38.3. The third-order valence-electron chi connectivity index (χ3n) is 29.0. The second kappa shape index (κ2) is 30.5. The van der Waals surface area contributed by atoms with Crippen LogP contribution in [0.5, 0.6) is 0 Å². The Kier molecular flexibility index (Phi) is 18.7. The van der Waals surface area contributed by atoms with Crippen molar-refractivity contribution < 1.29 is 26.5 Å². The van der Waals surface area contributed by atoms with Gasteiger partial charge < -0.3 is 0 Å². The third-order valence-corrected chi connectivity index (χ3v) is 29.0. The Balaban J connectivity index is 0.000000119. The number of fused-ring (bicyclic) bond motifs is 19. The smallest absolute Gasteiger partial charge is 0.201 e. The van der Waals surface area contributed by atoms with Gasteiger partial charge in [0.05, 0.1) is 11.1 Å². The summed E-state index contributed by atoms with van der Waals surface area (Å²) in [5, 5.41) is 9.92. The molecule has 20 rings (SSSR count). The molecule has 16 aromatic rings. The molecular formula is C117H122N4+4. The lowest BCUT2D eigenvalue weighted by Crippen LogP contribution is -2.43. The largest absolute Gasteiger partial charge is 0.213 e. The van der Waals surface area contributed by atoms with Gasteiger partial charge in [0.1, 0.15) is 28.2 Å². The highest BCUT2D eigenvalue weighted by atomic mass is 14.9. The summed E-state index contributed by atoms with van der Waals surface area (Å²) in [6.07, 6.45) is 12.3. The normalized spacial score (nSPS) is 15.4. The monoisotopic (exact) mass is 1590 g/mol. The van der Waals surface area contributed by atoms with Gasteiger partial charge in [-0.15, -0.1) is 0 Å². The number of hydrogen-bond donors (Lipinski definition) is 0. The van der Waals surface area contributed by atoms with E-state index in [1.54, 1.807) is 6.07 Å². The van der Waals surface area contributed by atoms with E-state index in [-0.39, 0.29) is 21.7 Å². The van der Waals surface area contributed by atoms with Gasteiger partial charge in [-0.3, -0.25) is 0 Å². The summed E-state index contributed by atoms with van der Waals surface area (Å²) < 4.78 is 57.1. The predicted octanol–water partition coefficient (Wildman–Crippen LogP) is 27.3. The maximum atomic E-state index is 8.32. The van der Waals surface area contributed by atoms with Crippen molar-refractivity contribution >= 4 is 43.1 Å². The molecule has 0 spiro atoms. The van der Waals surface area contributed by atoms with E-state index in [0.717, 1.165) is 69.8 Å². The Labute approximate surface area is 729 Å². The molecule has 0 aliphatic heterocycles. The summed E-state index contributed by atoms with van der Waals surface area (Å²) in [5.74, 6) is 0. The molecule has 4 aliphatic rings. The fraction of sp³-hybridized carbons (Fsp3) is 0.282. The predicted molar refractivity (Wildman–Crippen MR) is 512 cm³/mol. The van der Waals surface area contributed by atoms with Gasteiger partial charge >= 0.3 is 0 Å². The Hall–Kier alpha value is -11.7. The first-order chi connectivity index (χ1) is 59.9. The summed E-state index contributed by atoms with van der Waals surface area (Å²) >= 11 is 0. The molecular weight excluding hydrogens is 1460 g/mol. The zero-order valence-corrected chi connectivity index (χ0v) is 75.6. The molecule has 0 unspecified atom stereocenters. The molecule has 0 N–H and O–H groups in total. The van der Waals surface area contributed by atoms with E-state index in [1.165, 1.54) is 194 Å². The Morgan fingerprint density at radius 2 is 0.678 bits per heavy atom. The van der Waals surface area contributed by atoms with Crippen LogP contribution in [-0.2, 0) is 75.5 Å². The minimum Gasteiger partial charge on any atom is -0.201 e. The maximum absolute atomic E-state index is 8.32. The molecule has 0 fully saturated rings. The van der Waals surface area contributed by atoms with Crippen molar-refractivity contribution in [2.45, 2.75) is 193 Å². The molecule has 0 radical (unpaired) electrons. The number of aromatic nitrogens is 4. The molecule has 121 heavy (non-hydrogen) atoms. The third kappa shape index (κ3) is 13.9. The van der Waals surface area contributed by atoms with Crippen molar-refractivity contribution in [3.05, 3.63) is 354 Å². The van der Waals surface area contributed by atoms with Gasteiger partial charge in [0.15, 0.2) is 24.8 Å². The Bertz CT molecular complexity index is 7280. The molecule has 0 saturated heterocycles. The van der Waals surface area contributed by atoms with Crippen LogP contribution >= 0.6 is 0 Å². The first-order valence-corrected chi connectivity index (χ1v) is 43.6. The van der Waals surface area contributed by atoms with Gasteiger partial charge in [-0.05, 0) is 332 Å². The lowest BCUT2D eigenvalue weighted by Gasteiger charge is -2.49. The first kappa shape index (κ1) is 74.3. The fourth-order valence-electron chi connectivity index (χ4n) is 20.8. The van der Waals surface area contributed by atoms with Crippen LogP contribution in [0.2, 0.25) is 0 Å². The number of nitrogens with zero attached hydrogens (tertiary/aromatic N) is 4. The summed E-state index contributed by atoms with van der Waals surface area (Å²) in [7, 11) is 8.46. The van der Waals surface area contributed by atoms with Crippen LogP contribution in [-0.4, -0.2) is 0 Å². The second-order valence-corrected chi connectivity index (χ2v) is 38.3. The molecule has 4 nitrogen and oxygen atoms in total. The van der Waals surface area contributed by atoms with Crippen molar-refractivity contribution in [3.8, 4) is 89.5 Å². The molecule has 4 heterocycles. The number of hydrogen-bond acceptors (Lipinski definition) is 0. The molecule has 0 bridgehead atoms. The van der Waals surface area contributed by atoms with Crippen molar-refractivity contribution in [2.75, 3.05) is 0 Å². The highest BCUT2D eigenvalue weighted by Gasteiger charge is 2.49. The highest BCUT2D eigenvalue weighted by Crippen LogP contribution is 2.59. The Morgan fingerprint density at radius 3 is 1.27 bits per heavy atom. The summed E-state index contributed by atoms with van der Waals surface area (Å²) in [6.45, 7) is 38.9. The molecule has 4 heteroatoms. The molecule has 4 aliphatic carbocycles. The standard InChI is InChI=1S/2C31H34N.C28H28N.C27H26N/c1-19-9-11-23-22(15-19)10-12-26-29(23)25-18-24(28-16-20(2)13-14-32(28)8)21(3)17-27(25)31(6,7)30(26,4)5;1-19-9-11-23-22(15-19)10-12-24-26-18-25(28-16-20(2)13-14-32(28)8)21(3)17-27(26)30(4,5)31(6,7)29(23)24;1-17-6-7-21-16-25-22(15-23(21)12-17)8-9-24-27(25)19(3)14-20(4)28(24)26-13-18(2)10-11-29(26)5;1-17-5-10-22-21(15-17)8-7-20-9-12-23-24(27(20)22)11-6-19(3)26(23)25-16-18(2)13-14-28(25)4/h2*9-18H,1-8H3;6-7,10-16H,8-9H2,1-5H3;5-8,10-11,13-16H,9,12H2,1-4H3/q4*+1/i;;3D3;1D3. The minimum atomic E-state index is -2.17. The van der Waals surface area contributed by atoms with Gasteiger partial charge in [0.25, 0.3) is 0 Å².